The second-order valence-corrected chi connectivity index (χ2v) is 5.43. The smallest absolute Gasteiger partial charge is 0.407 e. The lowest BCUT2D eigenvalue weighted by atomic mass is 9.99. The van der Waals surface area contributed by atoms with Crippen molar-refractivity contribution in [3.63, 3.8) is 0 Å². The van der Waals surface area contributed by atoms with E-state index in [1.165, 1.54) is 32.8 Å². The number of methoxy groups -OCH3 is 1. The van der Waals surface area contributed by atoms with Gasteiger partial charge in [-0.1, -0.05) is 59.3 Å². The molecular formula is C16H31NO4. The Kier molecular flexibility index (Phi) is 11.7. The lowest BCUT2D eigenvalue weighted by Gasteiger charge is -2.21. The molecule has 1 N–H and O–H groups in total. The summed E-state index contributed by atoms with van der Waals surface area (Å²) in [4.78, 5) is 23.3. The number of nitrogens with one attached hydrogen (secondary N) is 1. The van der Waals surface area contributed by atoms with Crippen molar-refractivity contribution in [2.45, 2.75) is 71.8 Å². The average Bonchev–Trinajstić information content (AvgIpc) is 2.50. The molecule has 0 saturated heterocycles. The molecule has 21 heavy (non-hydrogen) atoms. The normalized spacial score (nSPS) is 13.3. The molecule has 0 aromatic heterocycles. The number of rotatable bonds is 11. The molecule has 0 rings (SSSR count). The van der Waals surface area contributed by atoms with Gasteiger partial charge in [0.05, 0.1) is 13.7 Å². The first-order valence-corrected chi connectivity index (χ1v) is 8.07. The summed E-state index contributed by atoms with van der Waals surface area (Å²) in [6.45, 7) is 6.48. The van der Waals surface area contributed by atoms with E-state index >= 15 is 0 Å². The number of esters is 1. The van der Waals surface area contributed by atoms with Crippen LogP contribution in [-0.2, 0) is 14.3 Å². The van der Waals surface area contributed by atoms with E-state index in [-0.39, 0.29) is 11.9 Å². The highest BCUT2D eigenvalue weighted by Crippen LogP contribution is 2.11. The monoisotopic (exact) mass is 301 g/mol. The van der Waals surface area contributed by atoms with Crippen molar-refractivity contribution in [1.29, 1.82) is 0 Å². The standard InChI is InChI=1S/C16H31NO4/c1-5-7-8-9-10-11-12-21-15(18)14(13(3)6-2)17-16(19)20-4/h13-14H,5-12H2,1-4H3,(H,17,19)/t13?,14-/m0/s1. The summed E-state index contributed by atoms with van der Waals surface area (Å²) in [6, 6.07) is -0.637. The predicted molar refractivity (Wildman–Crippen MR) is 83.1 cm³/mol. The Hall–Kier alpha value is -1.26. The molecule has 0 heterocycles. The molecule has 1 amide bonds. The molecule has 0 aliphatic heterocycles. The highest BCUT2D eigenvalue weighted by molar-refractivity contribution is 5.81. The van der Waals surface area contributed by atoms with Crippen molar-refractivity contribution in [3.8, 4) is 0 Å². The Labute approximate surface area is 128 Å². The molecule has 0 bridgehead atoms. The van der Waals surface area contributed by atoms with Crippen LogP contribution < -0.4 is 5.32 Å². The maximum atomic E-state index is 12.0. The van der Waals surface area contributed by atoms with Crippen molar-refractivity contribution in [1.82, 2.24) is 5.32 Å². The molecule has 0 fully saturated rings. The summed E-state index contributed by atoms with van der Waals surface area (Å²) in [6.07, 6.45) is 7.04. The molecule has 0 aromatic rings. The zero-order valence-corrected chi connectivity index (χ0v) is 13.9. The molecule has 0 radical (unpaired) electrons. The lowest BCUT2D eigenvalue weighted by Crippen LogP contribution is -2.46. The van der Waals surface area contributed by atoms with Crippen LogP contribution in [0.4, 0.5) is 4.79 Å². The van der Waals surface area contributed by atoms with Crippen LogP contribution in [-0.4, -0.2) is 31.8 Å². The third kappa shape index (κ3) is 9.32. The molecule has 2 atom stereocenters. The summed E-state index contributed by atoms with van der Waals surface area (Å²) >= 11 is 0. The van der Waals surface area contributed by atoms with Gasteiger partial charge >= 0.3 is 12.1 Å². The molecule has 0 aliphatic rings. The van der Waals surface area contributed by atoms with E-state index in [0.29, 0.717) is 6.61 Å². The van der Waals surface area contributed by atoms with Crippen LogP contribution in [0.15, 0.2) is 0 Å². The summed E-state index contributed by atoms with van der Waals surface area (Å²) in [5.74, 6) is -0.357. The minimum absolute atomic E-state index is 0.0150. The Morgan fingerprint density at radius 3 is 2.24 bits per heavy atom. The molecule has 0 saturated carbocycles. The molecule has 0 aliphatic carbocycles. The molecule has 5 nitrogen and oxygen atoms in total. The summed E-state index contributed by atoms with van der Waals surface area (Å²) in [5, 5.41) is 2.55. The van der Waals surface area contributed by atoms with Crippen LogP contribution in [0.5, 0.6) is 0 Å². The number of carbonyl (C=O) groups is 2. The largest absolute Gasteiger partial charge is 0.464 e. The Balaban J connectivity index is 4.02. The Morgan fingerprint density at radius 1 is 1.05 bits per heavy atom. The summed E-state index contributed by atoms with van der Waals surface area (Å²) in [7, 11) is 1.28. The van der Waals surface area contributed by atoms with Crippen molar-refractivity contribution >= 4 is 12.1 Å². The summed E-state index contributed by atoms with van der Waals surface area (Å²) in [5.41, 5.74) is 0. The number of unbranched alkanes of at least 4 members (excludes halogenated alkanes) is 5. The number of hydrogen-bond donors (Lipinski definition) is 1. The fourth-order valence-electron chi connectivity index (χ4n) is 2.00. The zero-order chi connectivity index (χ0) is 16.1. The zero-order valence-electron chi connectivity index (χ0n) is 13.9. The highest BCUT2D eigenvalue weighted by atomic mass is 16.5. The Bertz CT molecular complexity index is 294. The molecule has 124 valence electrons. The van der Waals surface area contributed by atoms with E-state index in [0.717, 1.165) is 19.3 Å². The fourth-order valence-corrected chi connectivity index (χ4v) is 2.00. The van der Waals surface area contributed by atoms with Crippen molar-refractivity contribution in [2.24, 2.45) is 5.92 Å². The maximum absolute atomic E-state index is 12.0. The predicted octanol–water partition coefficient (Wildman–Crippen LogP) is 3.66. The van der Waals surface area contributed by atoms with Gasteiger partial charge in [-0.2, -0.15) is 0 Å². The minimum Gasteiger partial charge on any atom is -0.464 e. The van der Waals surface area contributed by atoms with Crippen LogP contribution in [0.2, 0.25) is 0 Å². The van der Waals surface area contributed by atoms with Gasteiger partial charge in [0.15, 0.2) is 0 Å². The molecule has 1 unspecified atom stereocenters. The van der Waals surface area contributed by atoms with E-state index in [1.54, 1.807) is 0 Å². The molecule has 5 heteroatoms. The summed E-state index contributed by atoms with van der Waals surface area (Å²) < 4.78 is 9.82. The van der Waals surface area contributed by atoms with Crippen molar-refractivity contribution in [2.75, 3.05) is 13.7 Å². The maximum Gasteiger partial charge on any atom is 0.407 e. The minimum atomic E-state index is -0.637. The first-order valence-electron chi connectivity index (χ1n) is 8.07. The van der Waals surface area contributed by atoms with E-state index in [4.69, 9.17) is 4.74 Å². The number of amides is 1. The van der Waals surface area contributed by atoms with Gasteiger partial charge in [-0.15, -0.1) is 0 Å². The molecule has 0 aromatic carbocycles. The van der Waals surface area contributed by atoms with Crippen LogP contribution in [0.25, 0.3) is 0 Å². The lowest BCUT2D eigenvalue weighted by molar-refractivity contribution is -0.147. The number of carbonyl (C=O) groups excluding carboxylic acids is 2. The van der Waals surface area contributed by atoms with E-state index in [1.807, 2.05) is 13.8 Å². The van der Waals surface area contributed by atoms with E-state index in [9.17, 15) is 9.59 Å². The number of alkyl carbamates (subject to hydrolysis) is 1. The van der Waals surface area contributed by atoms with Crippen LogP contribution in [0.1, 0.15) is 65.7 Å². The average molecular weight is 301 g/mol. The van der Waals surface area contributed by atoms with Gasteiger partial charge in [0, 0.05) is 0 Å². The van der Waals surface area contributed by atoms with Gasteiger partial charge in [0.2, 0.25) is 0 Å². The van der Waals surface area contributed by atoms with Gasteiger partial charge in [0.25, 0.3) is 0 Å². The van der Waals surface area contributed by atoms with Crippen molar-refractivity contribution < 1.29 is 19.1 Å². The van der Waals surface area contributed by atoms with Crippen LogP contribution in [0.3, 0.4) is 0 Å². The van der Waals surface area contributed by atoms with Gasteiger partial charge in [-0.25, -0.2) is 9.59 Å². The first-order chi connectivity index (χ1) is 10.1. The van der Waals surface area contributed by atoms with Gasteiger partial charge < -0.3 is 14.8 Å². The van der Waals surface area contributed by atoms with Gasteiger partial charge in [0.1, 0.15) is 6.04 Å². The molecule has 0 spiro atoms. The topological polar surface area (TPSA) is 64.6 Å². The number of hydrogen-bond acceptors (Lipinski definition) is 4. The third-order valence-electron chi connectivity index (χ3n) is 3.67. The quantitative estimate of drug-likeness (QED) is 0.467. The van der Waals surface area contributed by atoms with E-state index in [2.05, 4.69) is 17.0 Å². The van der Waals surface area contributed by atoms with Crippen molar-refractivity contribution in [3.05, 3.63) is 0 Å². The first kappa shape index (κ1) is 19.7. The third-order valence-corrected chi connectivity index (χ3v) is 3.67. The van der Waals surface area contributed by atoms with Gasteiger partial charge in [-0.05, 0) is 12.3 Å². The second-order valence-electron chi connectivity index (χ2n) is 5.43. The van der Waals surface area contributed by atoms with Crippen LogP contribution >= 0.6 is 0 Å². The Morgan fingerprint density at radius 2 is 1.67 bits per heavy atom. The SMILES string of the molecule is CCCCCCCCOC(=O)[C@@H](NC(=O)OC)C(C)CC. The molecular weight excluding hydrogens is 270 g/mol. The fraction of sp³-hybridized carbons (Fsp3) is 0.875. The van der Waals surface area contributed by atoms with E-state index < -0.39 is 12.1 Å². The van der Waals surface area contributed by atoms with Crippen LogP contribution in [0, 0.1) is 5.92 Å². The second kappa shape index (κ2) is 12.5. The van der Waals surface area contributed by atoms with Gasteiger partial charge in [-0.3, -0.25) is 0 Å². The highest BCUT2D eigenvalue weighted by Gasteiger charge is 2.27. The number of ether oxygens (including phenoxy) is 2.